The fourth-order valence-corrected chi connectivity index (χ4v) is 6.29. The Morgan fingerprint density at radius 2 is 1.82 bits per heavy atom. The predicted octanol–water partition coefficient (Wildman–Crippen LogP) is 4.23. The highest BCUT2D eigenvalue weighted by Gasteiger charge is 2.47. The van der Waals surface area contributed by atoms with E-state index in [0.717, 1.165) is 11.1 Å². The normalized spacial score (nSPS) is 18.6. The number of aromatic hydroxyl groups is 1. The van der Waals surface area contributed by atoms with E-state index in [1.807, 2.05) is 37.3 Å². The second-order valence-electron chi connectivity index (χ2n) is 8.23. The molecule has 0 fully saturated rings. The van der Waals surface area contributed by atoms with E-state index in [1.54, 1.807) is 36.4 Å². The third-order valence-corrected chi connectivity index (χ3v) is 7.89. The summed E-state index contributed by atoms with van der Waals surface area (Å²) < 4.78 is 35.5. The lowest BCUT2D eigenvalue weighted by molar-refractivity contribution is 0.357. The van der Waals surface area contributed by atoms with Crippen molar-refractivity contribution in [2.45, 2.75) is 19.4 Å². The summed E-state index contributed by atoms with van der Waals surface area (Å²) >= 11 is 0. The van der Waals surface area contributed by atoms with Crippen molar-refractivity contribution in [3.05, 3.63) is 111 Å². The van der Waals surface area contributed by atoms with E-state index in [0.29, 0.717) is 16.8 Å². The minimum absolute atomic E-state index is 0.0254. The van der Waals surface area contributed by atoms with Crippen LogP contribution in [-0.2, 0) is 21.3 Å². The Morgan fingerprint density at radius 3 is 2.53 bits per heavy atom. The van der Waals surface area contributed by atoms with Gasteiger partial charge < -0.3 is 15.6 Å². The average molecular weight is 472 g/mol. The van der Waals surface area contributed by atoms with Gasteiger partial charge in [0, 0.05) is 5.56 Å². The summed E-state index contributed by atoms with van der Waals surface area (Å²) in [6, 6.07) is 22.9. The molecule has 3 aromatic rings. The zero-order valence-corrected chi connectivity index (χ0v) is 19.1. The maximum absolute atomic E-state index is 14.2. The van der Waals surface area contributed by atoms with Crippen molar-refractivity contribution < 1.29 is 18.3 Å². The number of allylic oxidation sites excluding steroid dienone is 2. The highest BCUT2D eigenvalue weighted by molar-refractivity contribution is 7.96. The van der Waals surface area contributed by atoms with Gasteiger partial charge in [0.2, 0.25) is 5.88 Å². The molecule has 0 radical (unpaired) electrons. The highest BCUT2D eigenvalue weighted by atomic mass is 32.2. The summed E-state index contributed by atoms with van der Waals surface area (Å²) in [5, 5.41) is 20.0. The predicted molar refractivity (Wildman–Crippen MR) is 128 cm³/mol. The third kappa shape index (κ3) is 3.38. The Labute approximate surface area is 197 Å². The molecule has 7 nitrogen and oxygen atoms in total. The molecule has 0 bridgehead atoms. The van der Waals surface area contributed by atoms with Gasteiger partial charge in [0.1, 0.15) is 22.3 Å². The number of hydrogen-bond donors (Lipinski definition) is 2. The number of phenols is 1. The van der Waals surface area contributed by atoms with Crippen LogP contribution in [0.15, 0.2) is 89.2 Å². The molecular formula is C26H21N3O4S. The minimum Gasteiger partial charge on any atom is -0.508 e. The quantitative estimate of drug-likeness (QED) is 0.591. The van der Waals surface area contributed by atoms with Gasteiger partial charge >= 0.3 is 0 Å². The molecule has 3 aromatic carbocycles. The van der Waals surface area contributed by atoms with Crippen molar-refractivity contribution in [2.24, 2.45) is 5.73 Å². The molecule has 5 rings (SSSR count). The summed E-state index contributed by atoms with van der Waals surface area (Å²) in [6.07, 6.45) is 0. The molecule has 170 valence electrons. The third-order valence-electron chi connectivity index (χ3n) is 6.01. The van der Waals surface area contributed by atoms with Crippen LogP contribution in [0.5, 0.6) is 5.75 Å². The van der Waals surface area contributed by atoms with Gasteiger partial charge in [0.05, 0.1) is 18.2 Å². The van der Waals surface area contributed by atoms with Crippen LogP contribution in [0.4, 0.5) is 5.69 Å². The Balaban J connectivity index is 1.76. The van der Waals surface area contributed by atoms with Crippen molar-refractivity contribution in [3.63, 3.8) is 0 Å². The van der Waals surface area contributed by atoms with E-state index >= 15 is 0 Å². The Kier molecular flexibility index (Phi) is 5.07. The first-order valence-electron chi connectivity index (χ1n) is 10.6. The van der Waals surface area contributed by atoms with Gasteiger partial charge in [-0.3, -0.25) is 4.31 Å². The fraction of sp³-hybridized carbons (Fsp3) is 0.115. The summed E-state index contributed by atoms with van der Waals surface area (Å²) in [4.78, 5) is -0.0744. The van der Waals surface area contributed by atoms with E-state index < -0.39 is 15.9 Å². The summed E-state index contributed by atoms with van der Waals surface area (Å²) in [7, 11) is -4.16. The van der Waals surface area contributed by atoms with Crippen molar-refractivity contribution in [3.8, 4) is 11.8 Å². The van der Waals surface area contributed by atoms with Crippen LogP contribution in [0.25, 0.3) is 5.76 Å². The number of fused-ring (bicyclic) bond motifs is 2. The summed E-state index contributed by atoms with van der Waals surface area (Å²) in [5.74, 6) is -1.14. The number of para-hydroxylation sites is 1. The molecule has 34 heavy (non-hydrogen) atoms. The zero-order valence-electron chi connectivity index (χ0n) is 18.3. The molecule has 1 unspecified atom stereocenters. The van der Waals surface area contributed by atoms with E-state index in [9.17, 15) is 18.8 Å². The first-order chi connectivity index (χ1) is 16.3. The van der Waals surface area contributed by atoms with Gasteiger partial charge in [0.25, 0.3) is 10.0 Å². The fourth-order valence-electron chi connectivity index (χ4n) is 4.38. The number of nitrogens with zero attached hydrogens (tertiary/aromatic N) is 2. The van der Waals surface area contributed by atoms with E-state index in [2.05, 4.69) is 0 Å². The Hall–Kier alpha value is -4.22. The van der Waals surface area contributed by atoms with E-state index in [4.69, 9.17) is 10.5 Å². The SMILES string of the molecule is Cc1ccc(CN2c3ccccc3C3=C(C(c4cccc(O)c4)C(C#N)=C(N)O3)S2(=O)=O)cc1. The van der Waals surface area contributed by atoms with Crippen molar-refractivity contribution in [1.82, 2.24) is 0 Å². The molecule has 8 heteroatoms. The molecule has 0 aromatic heterocycles. The smallest absolute Gasteiger partial charge is 0.265 e. The largest absolute Gasteiger partial charge is 0.508 e. The number of aryl methyl sites for hydroxylation is 1. The van der Waals surface area contributed by atoms with Crippen LogP contribution in [0, 0.1) is 18.3 Å². The van der Waals surface area contributed by atoms with Crippen LogP contribution < -0.4 is 10.0 Å². The number of hydrogen-bond acceptors (Lipinski definition) is 6. The molecule has 0 saturated heterocycles. The maximum atomic E-state index is 14.2. The lowest BCUT2D eigenvalue weighted by Gasteiger charge is -2.38. The molecule has 2 heterocycles. The molecular weight excluding hydrogens is 450 g/mol. The van der Waals surface area contributed by atoms with Crippen LogP contribution in [-0.4, -0.2) is 13.5 Å². The van der Waals surface area contributed by atoms with Crippen LogP contribution >= 0.6 is 0 Å². The van der Waals surface area contributed by atoms with Gasteiger partial charge in [-0.1, -0.05) is 54.1 Å². The molecule has 0 saturated carbocycles. The van der Waals surface area contributed by atoms with Gasteiger partial charge in [-0.05, 0) is 42.3 Å². The van der Waals surface area contributed by atoms with Crippen molar-refractivity contribution in [1.29, 1.82) is 5.26 Å². The van der Waals surface area contributed by atoms with Crippen molar-refractivity contribution in [2.75, 3.05) is 4.31 Å². The van der Waals surface area contributed by atoms with Gasteiger partial charge in [-0.25, -0.2) is 8.42 Å². The molecule has 0 spiro atoms. The minimum atomic E-state index is -4.16. The first-order valence-corrected chi connectivity index (χ1v) is 12.0. The average Bonchev–Trinajstić information content (AvgIpc) is 2.82. The molecule has 2 aliphatic rings. The summed E-state index contributed by atoms with van der Waals surface area (Å²) in [6.45, 7) is 2.07. The Morgan fingerprint density at radius 1 is 1.09 bits per heavy atom. The molecule has 2 aliphatic heterocycles. The molecule has 3 N–H and O–H groups in total. The monoisotopic (exact) mass is 471 g/mol. The number of nitrogens with two attached hydrogens (primary N) is 1. The number of phenolic OH excluding ortho intramolecular Hbond substituents is 1. The number of anilines is 1. The number of sulfonamides is 1. The lowest BCUT2D eigenvalue weighted by atomic mass is 9.88. The highest BCUT2D eigenvalue weighted by Crippen LogP contribution is 2.51. The second kappa shape index (κ2) is 7.97. The van der Waals surface area contributed by atoms with Crippen LogP contribution in [0.2, 0.25) is 0 Å². The Bertz CT molecular complexity index is 1520. The molecule has 0 aliphatic carbocycles. The van der Waals surface area contributed by atoms with Gasteiger partial charge in [-0.2, -0.15) is 5.26 Å². The standard InChI is InChI=1S/C26H21N3O4S/c1-16-9-11-17(12-10-16)15-29-22-8-3-2-7-20(22)24-25(34(29,31)32)23(21(14-27)26(28)33-24)18-5-4-6-19(30)13-18/h2-13,23,30H,15,28H2,1H3. The number of rotatable bonds is 3. The van der Waals surface area contributed by atoms with E-state index in [-0.39, 0.29) is 34.4 Å². The zero-order chi connectivity index (χ0) is 24.0. The summed E-state index contributed by atoms with van der Waals surface area (Å²) in [5.41, 5.74) is 9.41. The molecule has 1 atom stereocenters. The van der Waals surface area contributed by atoms with E-state index in [1.165, 1.54) is 16.4 Å². The topological polar surface area (TPSA) is 117 Å². The van der Waals surface area contributed by atoms with Crippen LogP contribution in [0.3, 0.4) is 0 Å². The first kappa shape index (κ1) is 21.6. The maximum Gasteiger partial charge on any atom is 0.265 e. The number of nitriles is 1. The van der Waals surface area contributed by atoms with Gasteiger partial charge in [-0.15, -0.1) is 0 Å². The second-order valence-corrected chi connectivity index (χ2v) is 10.1. The number of benzene rings is 3. The molecule has 0 amide bonds. The van der Waals surface area contributed by atoms with Crippen molar-refractivity contribution >= 4 is 21.5 Å². The number of ether oxygens (including phenoxy) is 1. The lowest BCUT2D eigenvalue weighted by Crippen LogP contribution is -2.39. The van der Waals surface area contributed by atoms with Crippen LogP contribution in [0.1, 0.15) is 28.2 Å². The van der Waals surface area contributed by atoms with Gasteiger partial charge in [0.15, 0.2) is 5.76 Å².